The van der Waals surface area contributed by atoms with Gasteiger partial charge in [0.2, 0.25) is 5.91 Å². The number of carbonyl (C=O) groups excluding carboxylic acids is 1. The molecule has 1 aliphatic carbocycles. The van der Waals surface area contributed by atoms with Crippen LogP contribution in [0.15, 0.2) is 0 Å². The van der Waals surface area contributed by atoms with Crippen molar-refractivity contribution < 1.29 is 4.79 Å². The minimum Gasteiger partial charge on any atom is -0.342 e. The van der Waals surface area contributed by atoms with Crippen molar-refractivity contribution in [3.63, 3.8) is 0 Å². The molecule has 0 spiro atoms. The number of halogens is 1. The fourth-order valence-electron chi connectivity index (χ4n) is 2.88. The lowest BCUT2D eigenvalue weighted by Gasteiger charge is -2.33. The van der Waals surface area contributed by atoms with E-state index >= 15 is 0 Å². The van der Waals surface area contributed by atoms with Crippen LogP contribution in [0.4, 0.5) is 0 Å². The van der Waals surface area contributed by atoms with Crippen LogP contribution in [0.3, 0.4) is 0 Å². The number of piperidine rings is 1. The molecule has 0 aromatic rings. The summed E-state index contributed by atoms with van der Waals surface area (Å²) in [6.07, 6.45) is 6.20. The summed E-state index contributed by atoms with van der Waals surface area (Å²) in [5, 5.41) is 3.21. The maximum Gasteiger partial charge on any atom is 0.225 e. The first-order valence-corrected chi connectivity index (χ1v) is 7.15. The van der Waals surface area contributed by atoms with Crippen molar-refractivity contribution in [3.05, 3.63) is 0 Å². The van der Waals surface area contributed by atoms with Gasteiger partial charge in [-0.1, -0.05) is 6.92 Å². The standard InChI is InChI=1S/C14H26N2O.ClH/c1-11(13-3-4-13)14(17)16-9-6-12(7-10-16)5-8-15-2;/h11-13,15H,3-10H2,1-2H3;1H. The van der Waals surface area contributed by atoms with Gasteiger partial charge in [-0.25, -0.2) is 0 Å². The van der Waals surface area contributed by atoms with Gasteiger partial charge in [-0.05, 0) is 57.5 Å². The van der Waals surface area contributed by atoms with Crippen LogP contribution < -0.4 is 5.32 Å². The Labute approximate surface area is 117 Å². The first-order chi connectivity index (χ1) is 8.22. The van der Waals surface area contributed by atoms with Crippen LogP contribution >= 0.6 is 12.4 Å². The number of hydrogen-bond acceptors (Lipinski definition) is 2. The van der Waals surface area contributed by atoms with Crippen LogP contribution in [0.2, 0.25) is 0 Å². The summed E-state index contributed by atoms with van der Waals surface area (Å²) < 4.78 is 0. The van der Waals surface area contributed by atoms with Gasteiger partial charge in [-0.15, -0.1) is 12.4 Å². The molecule has 1 N–H and O–H groups in total. The van der Waals surface area contributed by atoms with Gasteiger partial charge in [0.15, 0.2) is 0 Å². The second-order valence-electron chi connectivity index (χ2n) is 5.79. The molecule has 0 aromatic heterocycles. The average Bonchev–Trinajstić information content (AvgIpc) is 3.19. The van der Waals surface area contributed by atoms with E-state index in [1.54, 1.807) is 0 Å². The molecule has 0 radical (unpaired) electrons. The van der Waals surface area contributed by atoms with E-state index in [1.165, 1.54) is 32.1 Å². The maximum atomic E-state index is 12.2. The molecule has 1 aliphatic heterocycles. The van der Waals surface area contributed by atoms with E-state index in [-0.39, 0.29) is 18.3 Å². The number of hydrogen-bond donors (Lipinski definition) is 1. The first-order valence-electron chi connectivity index (χ1n) is 7.15. The lowest BCUT2D eigenvalue weighted by molar-refractivity contribution is -0.137. The summed E-state index contributed by atoms with van der Waals surface area (Å²) in [6, 6.07) is 0. The third kappa shape index (κ3) is 4.13. The fraction of sp³-hybridized carbons (Fsp3) is 0.929. The second-order valence-corrected chi connectivity index (χ2v) is 5.79. The molecular weight excluding hydrogens is 248 g/mol. The third-order valence-electron chi connectivity index (χ3n) is 4.45. The number of amides is 1. The van der Waals surface area contributed by atoms with Gasteiger partial charge in [0.05, 0.1) is 0 Å². The highest BCUT2D eigenvalue weighted by atomic mass is 35.5. The van der Waals surface area contributed by atoms with Crippen LogP contribution in [-0.4, -0.2) is 37.5 Å². The van der Waals surface area contributed by atoms with Gasteiger partial charge in [0.1, 0.15) is 0 Å². The Balaban J connectivity index is 0.00000162. The smallest absolute Gasteiger partial charge is 0.225 e. The second kappa shape index (κ2) is 7.34. The molecule has 1 heterocycles. The van der Waals surface area contributed by atoms with Crippen LogP contribution in [-0.2, 0) is 4.79 Å². The zero-order chi connectivity index (χ0) is 12.3. The van der Waals surface area contributed by atoms with Crippen molar-refractivity contribution in [2.24, 2.45) is 17.8 Å². The van der Waals surface area contributed by atoms with Crippen molar-refractivity contribution in [2.75, 3.05) is 26.7 Å². The summed E-state index contributed by atoms with van der Waals surface area (Å²) >= 11 is 0. The van der Waals surface area contributed by atoms with Crippen LogP contribution in [0, 0.1) is 17.8 Å². The summed E-state index contributed by atoms with van der Waals surface area (Å²) in [6.45, 7) is 5.21. The summed E-state index contributed by atoms with van der Waals surface area (Å²) in [5.74, 6) is 2.22. The highest BCUT2D eigenvalue weighted by Crippen LogP contribution is 2.37. The van der Waals surface area contributed by atoms with Gasteiger partial charge in [-0.3, -0.25) is 4.79 Å². The van der Waals surface area contributed by atoms with Crippen LogP contribution in [0.1, 0.15) is 39.0 Å². The van der Waals surface area contributed by atoms with Gasteiger partial charge in [0.25, 0.3) is 0 Å². The fourth-order valence-corrected chi connectivity index (χ4v) is 2.88. The van der Waals surface area contributed by atoms with Gasteiger partial charge < -0.3 is 10.2 Å². The predicted octanol–water partition coefficient (Wildman–Crippen LogP) is 2.30. The molecule has 1 saturated heterocycles. The molecule has 1 unspecified atom stereocenters. The van der Waals surface area contributed by atoms with Crippen molar-refractivity contribution in [3.8, 4) is 0 Å². The van der Waals surface area contributed by atoms with Gasteiger partial charge in [0, 0.05) is 19.0 Å². The molecule has 0 aromatic carbocycles. The topological polar surface area (TPSA) is 32.3 Å². The molecule has 1 amide bonds. The molecular formula is C14H27ClN2O. The Hall–Kier alpha value is -0.280. The Morgan fingerprint density at radius 3 is 2.39 bits per heavy atom. The van der Waals surface area contributed by atoms with Crippen LogP contribution in [0.25, 0.3) is 0 Å². The molecule has 2 rings (SSSR count). The van der Waals surface area contributed by atoms with E-state index in [1.807, 2.05) is 7.05 Å². The van der Waals surface area contributed by atoms with E-state index in [4.69, 9.17) is 0 Å². The predicted molar refractivity (Wildman–Crippen MR) is 77.0 cm³/mol. The van der Waals surface area contributed by atoms with Gasteiger partial charge in [-0.2, -0.15) is 0 Å². The Bertz CT molecular complexity index is 261. The minimum atomic E-state index is 0. The third-order valence-corrected chi connectivity index (χ3v) is 4.45. The SMILES string of the molecule is CNCCC1CCN(C(=O)C(C)C2CC2)CC1.Cl. The maximum absolute atomic E-state index is 12.2. The van der Waals surface area contributed by atoms with Gasteiger partial charge >= 0.3 is 0 Å². The Morgan fingerprint density at radius 1 is 1.28 bits per heavy atom. The summed E-state index contributed by atoms with van der Waals surface area (Å²) in [5.41, 5.74) is 0. The number of rotatable bonds is 5. The van der Waals surface area contributed by atoms with E-state index in [9.17, 15) is 4.79 Å². The Morgan fingerprint density at radius 2 is 1.89 bits per heavy atom. The number of nitrogens with one attached hydrogen (secondary N) is 1. The van der Waals surface area contributed by atoms with E-state index in [0.717, 1.165) is 25.6 Å². The van der Waals surface area contributed by atoms with Crippen molar-refractivity contribution in [1.29, 1.82) is 0 Å². The largest absolute Gasteiger partial charge is 0.342 e. The first kappa shape index (κ1) is 15.8. The number of nitrogens with zero attached hydrogens (tertiary/aromatic N) is 1. The number of carbonyl (C=O) groups is 1. The zero-order valence-electron chi connectivity index (χ0n) is 11.7. The lowest BCUT2D eigenvalue weighted by atomic mass is 9.92. The molecule has 3 nitrogen and oxygen atoms in total. The minimum absolute atomic E-state index is 0. The van der Waals surface area contributed by atoms with E-state index in [2.05, 4.69) is 17.1 Å². The molecule has 2 aliphatic rings. The summed E-state index contributed by atoms with van der Waals surface area (Å²) in [7, 11) is 2.01. The quantitative estimate of drug-likeness (QED) is 0.834. The molecule has 4 heteroatoms. The van der Waals surface area contributed by atoms with Crippen molar-refractivity contribution >= 4 is 18.3 Å². The molecule has 1 saturated carbocycles. The highest BCUT2D eigenvalue weighted by Gasteiger charge is 2.35. The lowest BCUT2D eigenvalue weighted by Crippen LogP contribution is -2.42. The molecule has 0 bridgehead atoms. The highest BCUT2D eigenvalue weighted by molar-refractivity contribution is 5.85. The van der Waals surface area contributed by atoms with E-state index in [0.29, 0.717) is 11.8 Å². The number of likely N-dealkylation sites (tertiary alicyclic amines) is 1. The monoisotopic (exact) mass is 274 g/mol. The Kier molecular flexibility index (Phi) is 6.44. The molecule has 1 atom stereocenters. The molecule has 18 heavy (non-hydrogen) atoms. The molecule has 2 fully saturated rings. The molecule has 106 valence electrons. The summed E-state index contributed by atoms with van der Waals surface area (Å²) in [4.78, 5) is 14.3. The average molecular weight is 275 g/mol. The zero-order valence-corrected chi connectivity index (χ0v) is 12.5. The van der Waals surface area contributed by atoms with Crippen LogP contribution in [0.5, 0.6) is 0 Å². The normalized spacial score (nSPS) is 22.4. The van der Waals surface area contributed by atoms with Crippen molar-refractivity contribution in [1.82, 2.24) is 10.2 Å². The van der Waals surface area contributed by atoms with E-state index < -0.39 is 0 Å². The van der Waals surface area contributed by atoms with Crippen molar-refractivity contribution in [2.45, 2.75) is 39.0 Å².